The summed E-state index contributed by atoms with van der Waals surface area (Å²) in [5.41, 5.74) is 6.74. The number of rotatable bonds is 16. The molecule has 11 nitrogen and oxygen atoms in total. The zero-order valence-electron chi connectivity index (χ0n) is 35.0. The molecule has 0 bridgehead atoms. The molecule has 1 saturated heterocycles. The number of hydrogen-bond donors (Lipinski definition) is 1. The monoisotopic (exact) mass is 921 g/mol. The first-order valence-electron chi connectivity index (χ1n) is 20.4. The molecule has 320 valence electrons. The largest absolute Gasteiger partial charge is 0.494 e. The molecule has 2 aliphatic heterocycles. The Balaban J connectivity index is 1.22. The normalized spacial score (nSPS) is 19.1. The van der Waals surface area contributed by atoms with Gasteiger partial charge in [-0.25, -0.2) is 0 Å². The number of halogens is 1. The number of nitrogens with zero attached hydrogens (tertiary/aromatic N) is 1. The Bertz CT molecular complexity index is 2480. The van der Waals surface area contributed by atoms with Crippen molar-refractivity contribution < 1.29 is 44.4 Å². The van der Waals surface area contributed by atoms with Crippen LogP contribution in [0.15, 0.2) is 87.1 Å². The van der Waals surface area contributed by atoms with E-state index in [9.17, 15) is 26.7 Å². The van der Waals surface area contributed by atoms with E-state index in [1.54, 1.807) is 41.3 Å². The fourth-order valence-electron chi connectivity index (χ4n) is 8.57. The molecule has 4 aromatic rings. The van der Waals surface area contributed by atoms with Crippen molar-refractivity contribution >= 4 is 54.7 Å². The Morgan fingerprint density at radius 2 is 1.22 bits per heavy atom. The molecule has 1 aliphatic carbocycles. The van der Waals surface area contributed by atoms with Gasteiger partial charge in [0.1, 0.15) is 0 Å². The lowest BCUT2D eigenvalue weighted by atomic mass is 9.68. The smallest absolute Gasteiger partial charge is 0.399 e. The number of aliphatic hydroxyl groups is 1. The number of aliphatic hydroxyl groups excluding tert-OH is 1. The standard InChI is InChI=1S/C45H53BBrNO10S2/c1-30-11-15-36(16-12-30)59(51,52)55-22-7-10-40(50)48-28-32-24-34(46-57-43(3,4)44(5,6)58-46)26-38-41(32)42-33(29-48)25-35(47)27-39(42)45(38,19-8-21-49)20-9-23-56-60(53,54)37-17-13-31(2)14-18-37/h11-18,24-27,49H,7-10,19-23,28-29H2,1-6H3. The molecule has 7 rings (SSSR count). The predicted octanol–water partition coefficient (Wildman–Crippen LogP) is 7.62. The molecule has 15 heteroatoms. The number of carbonyl (C=O) groups is 1. The number of carbonyl (C=O) groups excluding carboxylic acids is 1. The van der Waals surface area contributed by atoms with Crippen LogP contribution in [0.2, 0.25) is 0 Å². The van der Waals surface area contributed by atoms with Gasteiger partial charge in [0.15, 0.2) is 0 Å². The van der Waals surface area contributed by atoms with Crippen LogP contribution in [0.1, 0.15) is 99.6 Å². The van der Waals surface area contributed by atoms with Gasteiger partial charge in [-0.15, -0.1) is 0 Å². The van der Waals surface area contributed by atoms with Crippen LogP contribution < -0.4 is 5.46 Å². The van der Waals surface area contributed by atoms with Crippen molar-refractivity contribution in [3.05, 3.63) is 111 Å². The Kier molecular flexibility index (Phi) is 12.7. The van der Waals surface area contributed by atoms with Crippen LogP contribution in [-0.4, -0.2) is 70.9 Å². The van der Waals surface area contributed by atoms with E-state index < -0.39 is 44.0 Å². The lowest BCUT2D eigenvalue weighted by Gasteiger charge is -2.34. The number of amides is 1. The van der Waals surface area contributed by atoms with Gasteiger partial charge in [0, 0.05) is 36.0 Å². The van der Waals surface area contributed by atoms with Gasteiger partial charge >= 0.3 is 7.12 Å². The zero-order chi connectivity index (χ0) is 43.3. The Morgan fingerprint density at radius 3 is 1.75 bits per heavy atom. The highest BCUT2D eigenvalue weighted by Crippen LogP contribution is 2.57. The third kappa shape index (κ3) is 8.79. The van der Waals surface area contributed by atoms with E-state index in [2.05, 4.69) is 34.1 Å². The van der Waals surface area contributed by atoms with Gasteiger partial charge in [0.25, 0.3) is 20.2 Å². The quantitative estimate of drug-likeness (QED) is 0.0677. The third-order valence-electron chi connectivity index (χ3n) is 12.4. The Hall–Kier alpha value is -3.41. The van der Waals surface area contributed by atoms with Crippen molar-refractivity contribution in [1.82, 2.24) is 4.90 Å². The summed E-state index contributed by atoms with van der Waals surface area (Å²) in [6.07, 6.45) is 2.27. The second kappa shape index (κ2) is 17.0. The van der Waals surface area contributed by atoms with E-state index in [4.69, 9.17) is 17.7 Å². The topological polar surface area (TPSA) is 146 Å². The summed E-state index contributed by atoms with van der Waals surface area (Å²) >= 11 is 3.78. The summed E-state index contributed by atoms with van der Waals surface area (Å²) in [6, 6.07) is 21.4. The molecule has 4 aromatic carbocycles. The van der Waals surface area contributed by atoms with Crippen LogP contribution in [0.4, 0.5) is 0 Å². The Morgan fingerprint density at radius 1 is 0.733 bits per heavy atom. The molecule has 0 spiro atoms. The number of benzene rings is 4. The summed E-state index contributed by atoms with van der Waals surface area (Å²) in [7, 11) is -8.66. The van der Waals surface area contributed by atoms with Crippen LogP contribution in [-0.2, 0) is 61.2 Å². The van der Waals surface area contributed by atoms with Gasteiger partial charge in [0.05, 0.1) is 34.2 Å². The molecule has 1 fully saturated rings. The maximum absolute atomic E-state index is 14.1. The van der Waals surface area contributed by atoms with Gasteiger partial charge in [-0.2, -0.15) is 16.8 Å². The van der Waals surface area contributed by atoms with E-state index in [0.717, 1.165) is 54.4 Å². The summed E-state index contributed by atoms with van der Waals surface area (Å²) in [4.78, 5) is 16.1. The molecule has 60 heavy (non-hydrogen) atoms. The minimum Gasteiger partial charge on any atom is -0.399 e. The van der Waals surface area contributed by atoms with E-state index >= 15 is 0 Å². The van der Waals surface area contributed by atoms with Crippen LogP contribution in [0.3, 0.4) is 0 Å². The zero-order valence-corrected chi connectivity index (χ0v) is 38.3. The molecule has 1 unspecified atom stereocenters. The first-order chi connectivity index (χ1) is 28.3. The van der Waals surface area contributed by atoms with Gasteiger partial charge in [-0.3, -0.25) is 13.2 Å². The highest BCUT2D eigenvalue weighted by molar-refractivity contribution is 9.10. The fraction of sp³-hybridized carbons (Fsp3) is 0.444. The lowest BCUT2D eigenvalue weighted by molar-refractivity contribution is -0.132. The molecular weight excluding hydrogens is 869 g/mol. The molecule has 0 radical (unpaired) electrons. The van der Waals surface area contributed by atoms with Crippen molar-refractivity contribution in [2.24, 2.45) is 0 Å². The van der Waals surface area contributed by atoms with Gasteiger partial charge < -0.3 is 19.3 Å². The van der Waals surface area contributed by atoms with E-state index in [-0.39, 0.29) is 54.9 Å². The van der Waals surface area contributed by atoms with Gasteiger partial charge in [-0.1, -0.05) is 63.5 Å². The second-order valence-electron chi connectivity index (χ2n) is 17.2. The van der Waals surface area contributed by atoms with Crippen LogP contribution in [0.5, 0.6) is 0 Å². The van der Waals surface area contributed by atoms with Gasteiger partial charge in [0.2, 0.25) is 5.91 Å². The summed E-state index contributed by atoms with van der Waals surface area (Å²) in [5.74, 6) is -0.145. The third-order valence-corrected chi connectivity index (χ3v) is 15.6. The van der Waals surface area contributed by atoms with Crippen molar-refractivity contribution in [3.8, 4) is 11.1 Å². The molecule has 2 heterocycles. The van der Waals surface area contributed by atoms with Crippen LogP contribution in [0, 0.1) is 13.8 Å². The molecule has 3 aliphatic rings. The minimum atomic E-state index is -3.99. The van der Waals surface area contributed by atoms with E-state index in [1.165, 1.54) is 12.1 Å². The minimum absolute atomic E-state index is 0.0341. The summed E-state index contributed by atoms with van der Waals surface area (Å²) < 4.78 is 77.0. The molecular formula is C45H53BBrNO10S2. The van der Waals surface area contributed by atoms with Crippen LogP contribution in [0.25, 0.3) is 11.1 Å². The van der Waals surface area contributed by atoms with Gasteiger partial charge in [-0.05, 0) is 149 Å². The fourth-order valence-corrected chi connectivity index (χ4v) is 11.0. The second-order valence-corrected chi connectivity index (χ2v) is 21.4. The number of hydrogen-bond acceptors (Lipinski definition) is 10. The first-order valence-corrected chi connectivity index (χ1v) is 24.0. The highest BCUT2D eigenvalue weighted by atomic mass is 79.9. The van der Waals surface area contributed by atoms with E-state index in [1.807, 2.05) is 47.6 Å². The van der Waals surface area contributed by atoms with E-state index in [0.29, 0.717) is 32.2 Å². The van der Waals surface area contributed by atoms with Crippen molar-refractivity contribution in [3.63, 3.8) is 0 Å². The summed E-state index contributed by atoms with van der Waals surface area (Å²) in [5, 5.41) is 10.3. The SMILES string of the molecule is Cc1ccc(S(=O)(=O)OCCCC(=O)N2Cc3cc(Br)cc4c3-c3c(cc(B5OC(C)(C)C(C)(C)O5)cc3C4(CCCO)CCCOS(=O)(=O)c3ccc(C)cc3)C2)cc1. The lowest BCUT2D eigenvalue weighted by Crippen LogP contribution is -2.41. The maximum Gasteiger partial charge on any atom is 0.494 e. The van der Waals surface area contributed by atoms with Crippen molar-refractivity contribution in [2.75, 3.05) is 19.8 Å². The average molecular weight is 923 g/mol. The Labute approximate surface area is 363 Å². The first kappa shape index (κ1) is 44.6. The number of aryl methyl sites for hydroxylation is 2. The van der Waals surface area contributed by atoms with Crippen molar-refractivity contribution in [1.29, 1.82) is 0 Å². The van der Waals surface area contributed by atoms with Crippen LogP contribution >= 0.6 is 15.9 Å². The predicted molar refractivity (Wildman–Crippen MR) is 234 cm³/mol. The molecule has 0 saturated carbocycles. The molecule has 1 atom stereocenters. The molecule has 1 amide bonds. The van der Waals surface area contributed by atoms with Crippen molar-refractivity contribution in [2.45, 2.75) is 120 Å². The average Bonchev–Trinajstić information content (AvgIpc) is 3.50. The molecule has 0 aromatic heterocycles. The maximum atomic E-state index is 14.1. The highest BCUT2D eigenvalue weighted by Gasteiger charge is 2.53. The summed E-state index contributed by atoms with van der Waals surface area (Å²) in [6.45, 7) is 12.1. The molecule has 1 N–H and O–H groups in total.